The molecule has 0 aliphatic carbocycles. The maximum atomic E-state index is 13.6. The first-order valence-electron chi connectivity index (χ1n) is 7.00. The van der Waals surface area contributed by atoms with E-state index in [0.29, 0.717) is 12.0 Å². The van der Waals surface area contributed by atoms with Gasteiger partial charge in [0.1, 0.15) is 0 Å². The molecule has 0 spiro atoms. The van der Waals surface area contributed by atoms with Crippen LogP contribution in [0.3, 0.4) is 0 Å². The molecule has 0 radical (unpaired) electrons. The third-order valence-electron chi connectivity index (χ3n) is 3.35. The van der Waals surface area contributed by atoms with Crippen molar-refractivity contribution < 1.29 is 24.0 Å². The molecule has 126 valence electrons. The fraction of sp³-hybridized carbons (Fsp3) is 0.188. The number of carbonyl (C=O) groups is 1. The highest BCUT2D eigenvalue weighted by Gasteiger charge is 2.16. The molecule has 8 heteroatoms. The Bertz CT molecular complexity index is 779. The molecule has 24 heavy (non-hydrogen) atoms. The third-order valence-corrected chi connectivity index (χ3v) is 3.35. The second-order valence-corrected chi connectivity index (χ2v) is 4.94. The number of methoxy groups -OCH3 is 1. The number of rotatable bonds is 6. The van der Waals surface area contributed by atoms with Crippen molar-refractivity contribution in [1.29, 1.82) is 0 Å². The van der Waals surface area contributed by atoms with Gasteiger partial charge in [0.2, 0.25) is 0 Å². The van der Waals surface area contributed by atoms with Crippen LogP contribution in [0, 0.1) is 15.9 Å². The minimum Gasteiger partial charge on any atom is -0.502 e. The first-order valence-corrected chi connectivity index (χ1v) is 7.00. The minimum absolute atomic E-state index is 0.0559. The molecule has 2 aromatic rings. The number of phenols is 1. The van der Waals surface area contributed by atoms with E-state index in [2.05, 4.69) is 5.32 Å². The number of halogens is 1. The SMILES string of the molecule is COc1ccc(CCNC(=O)c2ccc(O)c([N+](=O)[O-])c2)cc1F. The molecule has 7 nitrogen and oxygen atoms in total. The quantitative estimate of drug-likeness (QED) is 0.624. The van der Waals surface area contributed by atoms with Gasteiger partial charge < -0.3 is 15.2 Å². The van der Waals surface area contributed by atoms with Crippen LogP contribution >= 0.6 is 0 Å². The highest BCUT2D eigenvalue weighted by atomic mass is 19.1. The van der Waals surface area contributed by atoms with Crippen LogP contribution in [-0.4, -0.2) is 29.6 Å². The van der Waals surface area contributed by atoms with E-state index in [9.17, 15) is 24.4 Å². The van der Waals surface area contributed by atoms with E-state index in [1.54, 1.807) is 6.07 Å². The molecular formula is C16H15FN2O5. The fourth-order valence-electron chi connectivity index (χ4n) is 2.10. The molecule has 0 unspecified atom stereocenters. The Balaban J connectivity index is 1.97. The Kier molecular flexibility index (Phi) is 5.31. The minimum atomic E-state index is -0.772. The molecule has 0 aromatic heterocycles. The van der Waals surface area contributed by atoms with Crippen molar-refractivity contribution in [1.82, 2.24) is 5.32 Å². The number of hydrogen-bond acceptors (Lipinski definition) is 5. The molecule has 2 aromatic carbocycles. The summed E-state index contributed by atoms with van der Waals surface area (Å²) in [7, 11) is 1.37. The van der Waals surface area contributed by atoms with Gasteiger partial charge >= 0.3 is 5.69 Å². The average Bonchev–Trinajstić information content (AvgIpc) is 2.55. The van der Waals surface area contributed by atoms with Crippen molar-refractivity contribution in [2.75, 3.05) is 13.7 Å². The normalized spacial score (nSPS) is 10.2. The van der Waals surface area contributed by atoms with Crippen LogP contribution < -0.4 is 10.1 Å². The standard InChI is InChI=1S/C16H15FN2O5/c1-24-15-5-2-10(8-12(15)17)6-7-18-16(21)11-3-4-14(20)13(9-11)19(22)23/h2-5,8-9,20H,6-7H2,1H3,(H,18,21). The first-order chi connectivity index (χ1) is 11.4. The van der Waals surface area contributed by atoms with Crippen molar-refractivity contribution in [3.63, 3.8) is 0 Å². The second kappa shape index (κ2) is 7.40. The number of nitro groups is 1. The zero-order valence-corrected chi connectivity index (χ0v) is 12.8. The molecule has 1 amide bonds. The lowest BCUT2D eigenvalue weighted by molar-refractivity contribution is -0.385. The Morgan fingerprint density at radius 3 is 2.71 bits per heavy atom. The molecule has 2 rings (SSSR count). The van der Waals surface area contributed by atoms with Crippen LogP contribution in [0.4, 0.5) is 10.1 Å². The Hall–Kier alpha value is -3.16. The van der Waals surface area contributed by atoms with E-state index in [0.717, 1.165) is 12.1 Å². The lowest BCUT2D eigenvalue weighted by atomic mass is 10.1. The molecule has 0 atom stereocenters. The van der Waals surface area contributed by atoms with Gasteiger partial charge in [0.25, 0.3) is 5.91 Å². The summed E-state index contributed by atoms with van der Waals surface area (Å²) >= 11 is 0. The van der Waals surface area contributed by atoms with Crippen LogP contribution in [0.2, 0.25) is 0 Å². The van der Waals surface area contributed by atoms with Crippen molar-refractivity contribution in [2.24, 2.45) is 0 Å². The van der Waals surface area contributed by atoms with Crippen molar-refractivity contribution in [3.8, 4) is 11.5 Å². The zero-order chi connectivity index (χ0) is 17.7. The molecule has 0 fully saturated rings. The lowest BCUT2D eigenvalue weighted by Crippen LogP contribution is -2.25. The summed E-state index contributed by atoms with van der Waals surface area (Å²) in [4.78, 5) is 22.0. The monoisotopic (exact) mass is 334 g/mol. The summed E-state index contributed by atoms with van der Waals surface area (Å²) in [5.74, 6) is -1.38. The second-order valence-electron chi connectivity index (χ2n) is 4.94. The number of amides is 1. The summed E-state index contributed by atoms with van der Waals surface area (Å²) in [6.07, 6.45) is 0.382. The molecule has 0 heterocycles. The van der Waals surface area contributed by atoms with Gasteiger partial charge in [-0.2, -0.15) is 0 Å². The summed E-state index contributed by atoms with van der Waals surface area (Å²) in [5.41, 5.74) is 0.186. The van der Waals surface area contributed by atoms with Crippen molar-refractivity contribution >= 4 is 11.6 Å². The third kappa shape index (κ3) is 3.97. The van der Waals surface area contributed by atoms with Gasteiger partial charge in [-0.05, 0) is 36.2 Å². The van der Waals surface area contributed by atoms with Crippen molar-refractivity contribution in [2.45, 2.75) is 6.42 Å². The predicted molar refractivity (Wildman–Crippen MR) is 83.8 cm³/mol. The largest absolute Gasteiger partial charge is 0.502 e. The molecule has 0 aliphatic heterocycles. The van der Waals surface area contributed by atoms with E-state index in [1.807, 2.05) is 0 Å². The topological polar surface area (TPSA) is 102 Å². The molecule has 0 saturated carbocycles. The van der Waals surface area contributed by atoms with Crippen LogP contribution in [0.25, 0.3) is 0 Å². The molecule has 0 saturated heterocycles. The lowest BCUT2D eigenvalue weighted by Gasteiger charge is -2.07. The predicted octanol–water partition coefficient (Wildman–Crippen LogP) is 2.42. The number of carbonyl (C=O) groups excluding carboxylic acids is 1. The van der Waals surface area contributed by atoms with Crippen molar-refractivity contribution in [3.05, 3.63) is 63.5 Å². The zero-order valence-electron chi connectivity index (χ0n) is 12.8. The number of nitro benzene ring substituents is 1. The average molecular weight is 334 g/mol. The van der Waals surface area contributed by atoms with Gasteiger partial charge in [-0.1, -0.05) is 6.07 Å². The van der Waals surface area contributed by atoms with Crippen LogP contribution in [0.5, 0.6) is 11.5 Å². The highest BCUT2D eigenvalue weighted by Crippen LogP contribution is 2.26. The highest BCUT2D eigenvalue weighted by molar-refractivity contribution is 5.95. The van der Waals surface area contributed by atoms with Crippen LogP contribution in [0.15, 0.2) is 36.4 Å². The van der Waals surface area contributed by atoms with Gasteiger partial charge in [-0.15, -0.1) is 0 Å². The number of phenolic OH excluding ortho intramolecular Hbond substituents is 1. The van der Waals surface area contributed by atoms with Gasteiger partial charge in [-0.25, -0.2) is 4.39 Å². The van der Waals surface area contributed by atoms with E-state index >= 15 is 0 Å². The van der Waals surface area contributed by atoms with Gasteiger partial charge in [-0.3, -0.25) is 14.9 Å². The van der Waals surface area contributed by atoms with Gasteiger partial charge in [0.15, 0.2) is 17.3 Å². The van der Waals surface area contributed by atoms with Crippen LogP contribution in [0.1, 0.15) is 15.9 Å². The Morgan fingerprint density at radius 1 is 1.33 bits per heavy atom. The number of benzene rings is 2. The van der Waals surface area contributed by atoms with E-state index in [-0.39, 0.29) is 17.9 Å². The summed E-state index contributed by atoms with van der Waals surface area (Å²) in [6.45, 7) is 0.222. The summed E-state index contributed by atoms with van der Waals surface area (Å²) in [6, 6.07) is 7.86. The summed E-state index contributed by atoms with van der Waals surface area (Å²) in [5, 5.41) is 22.7. The first kappa shape index (κ1) is 17.2. The molecular weight excluding hydrogens is 319 g/mol. The number of hydrogen-bond donors (Lipinski definition) is 2. The smallest absolute Gasteiger partial charge is 0.311 e. The Labute approximate surface area is 136 Å². The number of nitrogens with one attached hydrogen (secondary N) is 1. The number of nitrogens with zero attached hydrogens (tertiary/aromatic N) is 1. The maximum Gasteiger partial charge on any atom is 0.311 e. The molecule has 2 N–H and O–H groups in total. The molecule has 0 aliphatic rings. The van der Waals surface area contributed by atoms with Gasteiger partial charge in [0.05, 0.1) is 12.0 Å². The summed E-state index contributed by atoms with van der Waals surface area (Å²) < 4.78 is 18.4. The van der Waals surface area contributed by atoms with E-state index in [4.69, 9.17) is 4.74 Å². The number of ether oxygens (including phenoxy) is 1. The van der Waals surface area contributed by atoms with E-state index in [1.165, 1.54) is 25.3 Å². The Morgan fingerprint density at radius 2 is 2.08 bits per heavy atom. The fourth-order valence-corrected chi connectivity index (χ4v) is 2.10. The maximum absolute atomic E-state index is 13.6. The molecule has 0 bridgehead atoms. The van der Waals surface area contributed by atoms with Gasteiger partial charge in [0, 0.05) is 18.2 Å². The van der Waals surface area contributed by atoms with Crippen LogP contribution in [-0.2, 0) is 6.42 Å². The van der Waals surface area contributed by atoms with E-state index < -0.39 is 28.1 Å². The number of aromatic hydroxyl groups is 1.